The number of allylic oxidation sites excluding steroid dienone is 4. The highest BCUT2D eigenvalue weighted by Crippen LogP contribution is 2.20. The highest BCUT2D eigenvalue weighted by molar-refractivity contribution is 5.71. The van der Waals surface area contributed by atoms with E-state index in [9.17, 15) is 0 Å². The first-order valence-electron chi connectivity index (χ1n) is 5.77. The van der Waals surface area contributed by atoms with E-state index < -0.39 is 0 Å². The van der Waals surface area contributed by atoms with E-state index in [4.69, 9.17) is 0 Å². The van der Waals surface area contributed by atoms with Gasteiger partial charge in [-0.25, -0.2) is 0 Å². The number of pyridine rings is 1. The standard InChI is InChI=1S/C15H17N/c1-4-13-10-15(12-8-6-7-9-12)14(5-2)11(3)16-13/h5-8,10H,3-4,9H2,1-2H3/b14-5+. The summed E-state index contributed by atoms with van der Waals surface area (Å²) in [5.41, 5.74) is 3.79. The van der Waals surface area contributed by atoms with Gasteiger partial charge in [-0.3, -0.25) is 4.98 Å². The van der Waals surface area contributed by atoms with Gasteiger partial charge in [0.25, 0.3) is 0 Å². The molecule has 16 heavy (non-hydrogen) atoms. The van der Waals surface area contributed by atoms with E-state index >= 15 is 0 Å². The zero-order valence-corrected chi connectivity index (χ0v) is 9.96. The normalized spacial score (nSPS) is 15.6. The van der Waals surface area contributed by atoms with Crippen molar-refractivity contribution in [3.05, 3.63) is 46.1 Å². The topological polar surface area (TPSA) is 12.9 Å². The lowest BCUT2D eigenvalue weighted by Gasteiger charge is -2.06. The molecular weight excluding hydrogens is 194 g/mol. The van der Waals surface area contributed by atoms with Crippen molar-refractivity contribution in [1.29, 1.82) is 0 Å². The molecule has 0 aromatic carbocycles. The lowest BCUT2D eigenvalue weighted by molar-refractivity contribution is 1.00. The van der Waals surface area contributed by atoms with Crippen molar-refractivity contribution in [3.63, 3.8) is 0 Å². The molecule has 1 nitrogen and oxygen atoms in total. The van der Waals surface area contributed by atoms with Gasteiger partial charge in [-0.15, -0.1) is 0 Å². The van der Waals surface area contributed by atoms with Crippen LogP contribution in [0.1, 0.15) is 31.5 Å². The summed E-state index contributed by atoms with van der Waals surface area (Å²) in [6.07, 6.45) is 10.6. The third-order valence-electron chi connectivity index (χ3n) is 2.96. The number of aryl methyl sites for hydroxylation is 1. The Bertz CT molecular complexity index is 562. The predicted octanol–water partition coefficient (Wildman–Crippen LogP) is 2.20. The molecule has 1 aromatic heterocycles. The SMILES string of the molecule is C=c1nc(CC)cc(C2=CC=CC2)/c1=C/C. The molecule has 0 fully saturated rings. The van der Waals surface area contributed by atoms with Crippen LogP contribution >= 0.6 is 0 Å². The third-order valence-corrected chi connectivity index (χ3v) is 2.96. The predicted molar refractivity (Wildman–Crippen MR) is 70.3 cm³/mol. The highest BCUT2D eigenvalue weighted by atomic mass is 14.7. The zero-order valence-electron chi connectivity index (χ0n) is 9.96. The summed E-state index contributed by atoms with van der Waals surface area (Å²) in [7, 11) is 0. The molecule has 0 spiro atoms. The quantitative estimate of drug-likeness (QED) is 0.731. The van der Waals surface area contributed by atoms with Gasteiger partial charge in [0.2, 0.25) is 0 Å². The fraction of sp³-hybridized carbons (Fsp3) is 0.267. The number of nitrogens with zero attached hydrogens (tertiary/aromatic N) is 1. The van der Waals surface area contributed by atoms with Crippen molar-refractivity contribution in [2.24, 2.45) is 0 Å². The number of hydrogen-bond acceptors (Lipinski definition) is 1. The minimum Gasteiger partial charge on any atom is -0.253 e. The van der Waals surface area contributed by atoms with E-state index in [1.807, 2.05) is 6.92 Å². The van der Waals surface area contributed by atoms with Crippen LogP contribution in [0.3, 0.4) is 0 Å². The minimum absolute atomic E-state index is 0.893. The highest BCUT2D eigenvalue weighted by Gasteiger charge is 2.07. The molecule has 1 aliphatic rings. The van der Waals surface area contributed by atoms with E-state index in [2.05, 4.69) is 48.9 Å². The second kappa shape index (κ2) is 4.48. The summed E-state index contributed by atoms with van der Waals surface area (Å²) in [4.78, 5) is 4.50. The Balaban J connectivity index is 2.67. The average Bonchev–Trinajstić information content (AvgIpc) is 2.81. The van der Waals surface area contributed by atoms with Crippen LogP contribution in [0.5, 0.6) is 0 Å². The van der Waals surface area contributed by atoms with Crippen molar-refractivity contribution < 1.29 is 0 Å². The smallest absolute Gasteiger partial charge is 0.0636 e. The van der Waals surface area contributed by atoms with Crippen molar-refractivity contribution >= 4 is 18.2 Å². The molecule has 82 valence electrons. The van der Waals surface area contributed by atoms with Crippen LogP contribution in [-0.2, 0) is 6.42 Å². The van der Waals surface area contributed by atoms with Crippen LogP contribution in [0.25, 0.3) is 18.2 Å². The lowest BCUT2D eigenvalue weighted by atomic mass is 10.0. The fourth-order valence-electron chi connectivity index (χ4n) is 2.08. The maximum atomic E-state index is 4.50. The minimum atomic E-state index is 0.893. The molecule has 1 heterocycles. The summed E-state index contributed by atoms with van der Waals surface area (Å²) in [6.45, 7) is 8.21. The van der Waals surface area contributed by atoms with Gasteiger partial charge >= 0.3 is 0 Å². The lowest BCUT2D eigenvalue weighted by Crippen LogP contribution is -2.31. The second-order valence-corrected chi connectivity index (χ2v) is 3.99. The molecule has 1 heteroatoms. The summed E-state index contributed by atoms with van der Waals surface area (Å²) in [5, 5.41) is 2.07. The van der Waals surface area contributed by atoms with Crippen LogP contribution in [0.2, 0.25) is 0 Å². The van der Waals surface area contributed by atoms with E-state index in [0.717, 1.165) is 23.9 Å². The maximum absolute atomic E-state index is 4.50. The Morgan fingerprint density at radius 1 is 1.50 bits per heavy atom. The van der Waals surface area contributed by atoms with E-state index in [-0.39, 0.29) is 0 Å². The first-order valence-corrected chi connectivity index (χ1v) is 5.77. The van der Waals surface area contributed by atoms with E-state index in [1.54, 1.807) is 0 Å². The molecule has 0 amide bonds. The van der Waals surface area contributed by atoms with Gasteiger partial charge in [-0.1, -0.05) is 37.8 Å². The van der Waals surface area contributed by atoms with Crippen molar-refractivity contribution in [1.82, 2.24) is 4.98 Å². The summed E-state index contributed by atoms with van der Waals surface area (Å²) in [5.74, 6) is 0. The van der Waals surface area contributed by atoms with Gasteiger partial charge in [0, 0.05) is 10.9 Å². The van der Waals surface area contributed by atoms with Gasteiger partial charge < -0.3 is 0 Å². The van der Waals surface area contributed by atoms with Crippen LogP contribution in [0.4, 0.5) is 0 Å². The van der Waals surface area contributed by atoms with Crippen LogP contribution < -0.4 is 10.6 Å². The van der Waals surface area contributed by atoms with Crippen molar-refractivity contribution in [3.8, 4) is 0 Å². The van der Waals surface area contributed by atoms with Gasteiger partial charge in [0.15, 0.2) is 0 Å². The van der Waals surface area contributed by atoms with Gasteiger partial charge in [-0.2, -0.15) is 0 Å². The van der Waals surface area contributed by atoms with E-state index in [1.165, 1.54) is 16.4 Å². The van der Waals surface area contributed by atoms with E-state index in [0.29, 0.717) is 0 Å². The number of hydrogen-bond donors (Lipinski definition) is 0. The maximum Gasteiger partial charge on any atom is 0.0636 e. The molecule has 1 aromatic rings. The van der Waals surface area contributed by atoms with Crippen LogP contribution in [-0.4, -0.2) is 4.98 Å². The molecule has 0 aliphatic heterocycles. The number of rotatable bonds is 2. The number of aromatic nitrogens is 1. The summed E-state index contributed by atoms with van der Waals surface area (Å²) in [6, 6.07) is 2.20. The van der Waals surface area contributed by atoms with Gasteiger partial charge in [-0.05, 0) is 37.0 Å². The van der Waals surface area contributed by atoms with Crippen molar-refractivity contribution in [2.75, 3.05) is 0 Å². The fourth-order valence-corrected chi connectivity index (χ4v) is 2.08. The third kappa shape index (κ3) is 1.85. The van der Waals surface area contributed by atoms with Gasteiger partial charge in [0.05, 0.1) is 5.35 Å². The molecule has 2 rings (SSSR count). The zero-order chi connectivity index (χ0) is 11.5. The second-order valence-electron chi connectivity index (χ2n) is 3.99. The molecule has 0 unspecified atom stereocenters. The Labute approximate surface area is 96.5 Å². The van der Waals surface area contributed by atoms with Gasteiger partial charge in [0.1, 0.15) is 0 Å². The molecule has 0 atom stereocenters. The molecule has 0 saturated carbocycles. The molecular formula is C15H17N. The molecule has 0 radical (unpaired) electrons. The summed E-state index contributed by atoms with van der Waals surface area (Å²) >= 11 is 0. The average molecular weight is 211 g/mol. The Morgan fingerprint density at radius 3 is 2.88 bits per heavy atom. The Hall–Kier alpha value is -1.63. The first-order chi connectivity index (χ1) is 7.76. The first kappa shape index (κ1) is 10.9. The Morgan fingerprint density at radius 2 is 2.31 bits per heavy atom. The summed E-state index contributed by atoms with van der Waals surface area (Å²) < 4.78 is 0. The van der Waals surface area contributed by atoms with Crippen LogP contribution in [0, 0.1) is 0 Å². The molecule has 1 aliphatic carbocycles. The van der Waals surface area contributed by atoms with Crippen LogP contribution in [0.15, 0.2) is 24.3 Å². The Kier molecular flexibility index (Phi) is 3.04. The monoisotopic (exact) mass is 211 g/mol. The van der Waals surface area contributed by atoms with Crippen molar-refractivity contribution in [2.45, 2.75) is 26.7 Å². The molecule has 0 saturated heterocycles. The molecule has 0 N–H and O–H groups in total. The largest absolute Gasteiger partial charge is 0.253 e. The molecule has 0 bridgehead atoms.